The number of nitrogens with one attached hydrogen (secondary N) is 3. The van der Waals surface area contributed by atoms with E-state index in [9.17, 15) is 18.0 Å². The predicted molar refractivity (Wildman–Crippen MR) is 140 cm³/mol. The minimum absolute atomic E-state index is 0.0611. The smallest absolute Gasteiger partial charge is 0.337 e. The lowest BCUT2D eigenvalue weighted by molar-refractivity contribution is -0.141. The van der Waals surface area contributed by atoms with Gasteiger partial charge in [-0.25, -0.2) is 9.97 Å². The molecule has 0 aliphatic carbocycles. The lowest BCUT2D eigenvalue weighted by Crippen LogP contribution is -2.46. The summed E-state index contributed by atoms with van der Waals surface area (Å²) >= 11 is 6.46. The highest BCUT2D eigenvalue weighted by molar-refractivity contribution is 6.34. The number of piperazine rings is 1. The Labute approximate surface area is 230 Å². The van der Waals surface area contributed by atoms with E-state index in [0.717, 1.165) is 13.1 Å². The van der Waals surface area contributed by atoms with Gasteiger partial charge in [0.2, 0.25) is 0 Å². The zero-order chi connectivity index (χ0) is 27.9. The number of aromatic nitrogens is 7. The van der Waals surface area contributed by atoms with E-state index in [4.69, 9.17) is 11.6 Å². The normalized spacial score (nSPS) is 14.2. The molecule has 40 heavy (non-hydrogen) atoms. The second-order valence-corrected chi connectivity index (χ2v) is 9.53. The van der Waals surface area contributed by atoms with Crippen molar-refractivity contribution in [3.8, 4) is 11.3 Å². The van der Waals surface area contributed by atoms with Gasteiger partial charge in [-0.3, -0.25) is 19.0 Å². The van der Waals surface area contributed by atoms with Crippen LogP contribution in [0.2, 0.25) is 5.02 Å². The second-order valence-electron chi connectivity index (χ2n) is 9.13. The molecule has 6 rings (SSSR count). The number of H-pyrrole nitrogens is 1. The predicted octanol–water partition coefficient (Wildman–Crippen LogP) is 3.83. The summed E-state index contributed by atoms with van der Waals surface area (Å²) < 4.78 is 44.6. The third-order valence-corrected chi connectivity index (χ3v) is 6.80. The molecule has 15 heteroatoms. The molecule has 1 aliphatic rings. The summed E-state index contributed by atoms with van der Waals surface area (Å²) in [7, 11) is 0. The molecule has 0 spiro atoms. The van der Waals surface area contributed by atoms with Crippen LogP contribution in [0.15, 0.2) is 55.2 Å². The van der Waals surface area contributed by atoms with Crippen LogP contribution in [0.5, 0.6) is 0 Å². The van der Waals surface area contributed by atoms with E-state index < -0.39 is 11.9 Å². The molecule has 4 aromatic heterocycles. The number of imidazole rings is 1. The summed E-state index contributed by atoms with van der Waals surface area (Å²) in [6, 6.07) is 6.59. The lowest BCUT2D eigenvalue weighted by Gasteiger charge is -2.27. The standard InChI is InChI=1S/C25H22ClF3N10O/c26-19-11-15(1-2-17(19)24(40)37-8-5-30-6-9-37)34-22-23-32-12-20(39(23)10-7-31-22)18-14-38(13-16-3-4-33-35-16)36-21(18)25(27,28)29/h1-4,7,10-12,14,30H,5-6,8-9,13H2,(H,31,34)(H,33,35). The first-order chi connectivity index (χ1) is 19.3. The van der Waals surface area contributed by atoms with Crippen LogP contribution in [0.3, 0.4) is 0 Å². The number of anilines is 2. The third-order valence-electron chi connectivity index (χ3n) is 6.48. The molecule has 1 saturated heterocycles. The van der Waals surface area contributed by atoms with Gasteiger partial charge >= 0.3 is 6.18 Å². The molecule has 5 heterocycles. The zero-order valence-electron chi connectivity index (χ0n) is 20.8. The van der Waals surface area contributed by atoms with Crippen molar-refractivity contribution in [1.29, 1.82) is 0 Å². The van der Waals surface area contributed by atoms with E-state index in [0.29, 0.717) is 41.5 Å². The van der Waals surface area contributed by atoms with Crippen LogP contribution in [-0.4, -0.2) is 71.3 Å². The van der Waals surface area contributed by atoms with Gasteiger partial charge in [-0.1, -0.05) is 11.6 Å². The van der Waals surface area contributed by atoms with Gasteiger partial charge in [-0.2, -0.15) is 23.4 Å². The van der Waals surface area contributed by atoms with Crippen molar-refractivity contribution in [1.82, 2.24) is 44.6 Å². The average Bonchev–Trinajstić information content (AvgIpc) is 3.69. The fourth-order valence-corrected chi connectivity index (χ4v) is 4.85. The topological polar surface area (TPSA) is 121 Å². The van der Waals surface area contributed by atoms with Crippen LogP contribution >= 0.6 is 11.6 Å². The highest BCUT2D eigenvalue weighted by atomic mass is 35.5. The maximum absolute atomic E-state index is 14.0. The van der Waals surface area contributed by atoms with Gasteiger partial charge in [0, 0.05) is 56.7 Å². The molecule has 0 radical (unpaired) electrons. The third kappa shape index (κ3) is 4.98. The van der Waals surface area contributed by atoms with Gasteiger partial charge in [0.1, 0.15) is 0 Å². The summed E-state index contributed by atoms with van der Waals surface area (Å²) in [6.07, 6.45) is 2.53. The Morgan fingerprint density at radius 2 is 1.98 bits per heavy atom. The van der Waals surface area contributed by atoms with Gasteiger partial charge in [0.25, 0.3) is 5.91 Å². The number of hydrogen-bond donors (Lipinski definition) is 3. The number of fused-ring (bicyclic) bond motifs is 1. The summed E-state index contributed by atoms with van der Waals surface area (Å²) in [5, 5.41) is 17.0. The molecule has 1 aromatic carbocycles. The second kappa shape index (κ2) is 10.3. The molecule has 0 atom stereocenters. The molecule has 1 amide bonds. The van der Waals surface area contributed by atoms with Crippen molar-refractivity contribution in [3.63, 3.8) is 0 Å². The molecule has 0 bridgehead atoms. The molecule has 1 fully saturated rings. The number of amides is 1. The molecule has 11 nitrogen and oxygen atoms in total. The van der Waals surface area contributed by atoms with Crippen molar-refractivity contribution in [2.75, 3.05) is 31.5 Å². The van der Waals surface area contributed by atoms with Crippen LogP contribution in [0.1, 0.15) is 21.7 Å². The summed E-state index contributed by atoms with van der Waals surface area (Å²) in [4.78, 5) is 23.3. The Hall–Kier alpha value is -4.43. The van der Waals surface area contributed by atoms with E-state index >= 15 is 0 Å². The Morgan fingerprint density at radius 1 is 1.15 bits per heavy atom. The van der Waals surface area contributed by atoms with E-state index in [1.165, 1.54) is 33.9 Å². The number of nitrogens with zero attached hydrogens (tertiary/aromatic N) is 7. The fourth-order valence-electron chi connectivity index (χ4n) is 4.59. The van der Waals surface area contributed by atoms with Crippen LogP contribution < -0.4 is 10.6 Å². The van der Waals surface area contributed by atoms with Crippen molar-refractivity contribution in [3.05, 3.63) is 77.2 Å². The summed E-state index contributed by atoms with van der Waals surface area (Å²) in [6.45, 7) is 2.70. The van der Waals surface area contributed by atoms with Crippen LogP contribution in [0.4, 0.5) is 24.7 Å². The van der Waals surface area contributed by atoms with E-state index in [-0.39, 0.29) is 28.7 Å². The fraction of sp³-hybridized carbons (Fsp3) is 0.240. The molecular weight excluding hydrogens is 549 g/mol. The minimum atomic E-state index is -4.69. The molecule has 0 saturated carbocycles. The molecular formula is C25H22ClF3N10O. The van der Waals surface area contributed by atoms with Crippen molar-refractivity contribution < 1.29 is 18.0 Å². The Balaban J connectivity index is 1.30. The molecule has 3 N–H and O–H groups in total. The van der Waals surface area contributed by atoms with Crippen LogP contribution in [0, 0.1) is 0 Å². The first kappa shape index (κ1) is 25.8. The zero-order valence-corrected chi connectivity index (χ0v) is 21.5. The number of carbonyl (C=O) groups excluding carboxylic acids is 1. The van der Waals surface area contributed by atoms with Crippen LogP contribution in [0.25, 0.3) is 16.9 Å². The first-order valence-corrected chi connectivity index (χ1v) is 12.7. The highest BCUT2D eigenvalue weighted by Crippen LogP contribution is 2.37. The highest BCUT2D eigenvalue weighted by Gasteiger charge is 2.38. The molecule has 5 aromatic rings. The van der Waals surface area contributed by atoms with Crippen molar-refractivity contribution in [2.24, 2.45) is 0 Å². The van der Waals surface area contributed by atoms with Gasteiger partial charge in [-0.05, 0) is 24.3 Å². The monoisotopic (exact) mass is 570 g/mol. The largest absolute Gasteiger partial charge is 0.435 e. The van der Waals surface area contributed by atoms with E-state index in [1.807, 2.05) is 0 Å². The molecule has 206 valence electrons. The summed E-state index contributed by atoms with van der Waals surface area (Å²) in [5.41, 5.74) is 0.777. The number of alkyl halides is 3. The van der Waals surface area contributed by atoms with Gasteiger partial charge in [0.15, 0.2) is 17.2 Å². The number of aromatic amines is 1. The van der Waals surface area contributed by atoms with Gasteiger partial charge in [0.05, 0.1) is 40.3 Å². The SMILES string of the molecule is O=C(c1ccc(Nc2nccn3c(-c4cn(Cc5cc[nH]n5)nc4C(F)(F)F)cnc23)cc1Cl)N1CCNCC1. The van der Waals surface area contributed by atoms with Crippen molar-refractivity contribution in [2.45, 2.75) is 12.7 Å². The number of benzene rings is 1. The minimum Gasteiger partial charge on any atom is -0.337 e. The number of halogens is 4. The molecule has 1 aliphatic heterocycles. The average molecular weight is 571 g/mol. The quantitative estimate of drug-likeness (QED) is 0.284. The Morgan fingerprint density at radius 3 is 2.70 bits per heavy atom. The molecule has 0 unspecified atom stereocenters. The van der Waals surface area contributed by atoms with Crippen molar-refractivity contribution >= 4 is 34.7 Å². The first-order valence-electron chi connectivity index (χ1n) is 12.3. The maximum Gasteiger partial charge on any atom is 0.435 e. The van der Waals surface area contributed by atoms with E-state index in [1.54, 1.807) is 35.4 Å². The van der Waals surface area contributed by atoms with Crippen LogP contribution in [-0.2, 0) is 12.7 Å². The van der Waals surface area contributed by atoms with Gasteiger partial charge < -0.3 is 15.5 Å². The maximum atomic E-state index is 14.0. The lowest BCUT2D eigenvalue weighted by atomic mass is 10.1. The number of rotatable bonds is 6. The number of hydrogen-bond acceptors (Lipinski definition) is 7. The Bertz CT molecular complexity index is 1670. The van der Waals surface area contributed by atoms with Gasteiger partial charge in [-0.15, -0.1) is 0 Å². The summed E-state index contributed by atoms with van der Waals surface area (Å²) in [5.74, 6) is 0.146. The Kier molecular flexibility index (Phi) is 6.64. The number of carbonyl (C=O) groups is 1. The van der Waals surface area contributed by atoms with E-state index in [2.05, 4.69) is 35.9 Å².